The summed E-state index contributed by atoms with van der Waals surface area (Å²) in [7, 11) is 3.83. The minimum Gasteiger partial charge on any atom is -0.397 e. The van der Waals surface area contributed by atoms with E-state index < -0.39 is 0 Å². The highest BCUT2D eigenvalue weighted by molar-refractivity contribution is 6.32. The van der Waals surface area contributed by atoms with Crippen LogP contribution in [0, 0.1) is 13.8 Å². The van der Waals surface area contributed by atoms with E-state index in [1.165, 1.54) is 0 Å². The van der Waals surface area contributed by atoms with E-state index in [9.17, 15) is 4.79 Å². The standard InChI is InChI=1S/C25H24Cl2N4O.ClH/c1-13-23(21(28)11-30(13)3)19-9-15(26)5-7-17(19)25(32)18-8-6-16(27)10-20(18)24-14(2)31(4)12-22(24)29;/h5-12H,28-29H2,1-4H3;1H. The summed E-state index contributed by atoms with van der Waals surface area (Å²) in [5, 5.41) is 1.05. The maximum absolute atomic E-state index is 13.9. The lowest BCUT2D eigenvalue weighted by Crippen LogP contribution is -2.07. The van der Waals surface area contributed by atoms with Crippen LogP contribution < -0.4 is 11.5 Å². The number of nitrogen functional groups attached to an aromatic ring is 2. The highest BCUT2D eigenvalue weighted by Gasteiger charge is 2.24. The topological polar surface area (TPSA) is 79.0 Å². The molecule has 4 rings (SSSR count). The maximum Gasteiger partial charge on any atom is 0.194 e. The van der Waals surface area contributed by atoms with Crippen LogP contribution in [0.1, 0.15) is 27.3 Å². The van der Waals surface area contributed by atoms with E-state index in [1.807, 2.05) is 49.5 Å². The van der Waals surface area contributed by atoms with Crippen LogP contribution in [0.15, 0.2) is 48.8 Å². The average Bonchev–Trinajstić information content (AvgIpc) is 3.13. The fraction of sp³-hybridized carbons (Fsp3) is 0.160. The van der Waals surface area contributed by atoms with Gasteiger partial charge in [0.25, 0.3) is 0 Å². The molecular weight excluding hydrogens is 479 g/mol. The van der Waals surface area contributed by atoms with Gasteiger partial charge < -0.3 is 20.6 Å². The molecule has 0 fully saturated rings. The van der Waals surface area contributed by atoms with Gasteiger partial charge in [-0.25, -0.2) is 0 Å². The monoisotopic (exact) mass is 502 g/mol. The maximum atomic E-state index is 13.9. The van der Waals surface area contributed by atoms with Gasteiger partial charge in [0.15, 0.2) is 5.78 Å². The number of aromatic nitrogens is 2. The SMILES string of the molecule is Cc1c(-c2cc(Cl)ccc2C(=O)c2ccc(Cl)cc2-c2c(N)cn(C)c2C)c(N)cn1C.Cl. The number of rotatable bonds is 4. The molecule has 4 N–H and O–H groups in total. The largest absolute Gasteiger partial charge is 0.397 e. The number of carbonyl (C=O) groups is 1. The van der Waals surface area contributed by atoms with E-state index in [4.69, 9.17) is 34.7 Å². The lowest BCUT2D eigenvalue weighted by Gasteiger charge is -2.15. The van der Waals surface area contributed by atoms with Gasteiger partial charge in [-0.05, 0) is 61.4 Å². The van der Waals surface area contributed by atoms with Gasteiger partial charge in [0.05, 0.1) is 11.4 Å². The molecule has 4 aromatic rings. The molecule has 8 heteroatoms. The van der Waals surface area contributed by atoms with E-state index in [0.29, 0.717) is 43.7 Å². The third kappa shape index (κ3) is 4.24. The van der Waals surface area contributed by atoms with Crippen molar-refractivity contribution in [2.75, 3.05) is 11.5 Å². The van der Waals surface area contributed by atoms with Crippen LogP contribution in [0.3, 0.4) is 0 Å². The molecule has 0 bridgehead atoms. The van der Waals surface area contributed by atoms with Gasteiger partial charge in [0.2, 0.25) is 0 Å². The fourth-order valence-corrected chi connectivity index (χ4v) is 4.54. The molecule has 33 heavy (non-hydrogen) atoms. The molecule has 0 saturated heterocycles. The van der Waals surface area contributed by atoms with Crippen LogP contribution in [-0.2, 0) is 14.1 Å². The Kier molecular flexibility index (Phi) is 6.89. The van der Waals surface area contributed by atoms with Crippen LogP contribution >= 0.6 is 35.6 Å². The summed E-state index contributed by atoms with van der Waals surface area (Å²) in [5.41, 5.74) is 19.6. The van der Waals surface area contributed by atoms with Crippen molar-refractivity contribution in [3.05, 3.63) is 81.4 Å². The molecule has 0 aliphatic heterocycles. The number of aryl methyl sites for hydroxylation is 2. The second-order valence-corrected chi connectivity index (χ2v) is 8.89. The molecule has 0 radical (unpaired) electrons. The number of halogens is 3. The lowest BCUT2D eigenvalue weighted by atomic mass is 9.89. The molecule has 2 heterocycles. The van der Waals surface area contributed by atoms with E-state index in [2.05, 4.69) is 0 Å². The first-order valence-corrected chi connectivity index (χ1v) is 10.8. The minimum absolute atomic E-state index is 0. The Hall–Kier alpha value is -2.86. The fourth-order valence-electron chi connectivity index (χ4n) is 4.20. The molecular formula is C25H25Cl3N4O. The van der Waals surface area contributed by atoms with Gasteiger partial charge in [0, 0.05) is 70.2 Å². The number of hydrogen-bond acceptors (Lipinski definition) is 3. The zero-order chi connectivity index (χ0) is 23.3. The van der Waals surface area contributed by atoms with Crippen LogP contribution in [0.5, 0.6) is 0 Å². The Morgan fingerprint density at radius 1 is 0.758 bits per heavy atom. The molecule has 2 aromatic heterocycles. The number of anilines is 2. The van der Waals surface area contributed by atoms with E-state index in [-0.39, 0.29) is 18.2 Å². The number of nitrogens with zero attached hydrogens (tertiary/aromatic N) is 2. The van der Waals surface area contributed by atoms with Gasteiger partial charge >= 0.3 is 0 Å². The van der Waals surface area contributed by atoms with E-state index in [1.54, 1.807) is 36.4 Å². The van der Waals surface area contributed by atoms with E-state index in [0.717, 1.165) is 22.5 Å². The Bertz CT molecular complexity index is 1280. The molecule has 0 amide bonds. The first-order chi connectivity index (χ1) is 15.1. The number of hydrogen-bond donors (Lipinski definition) is 2. The molecule has 0 atom stereocenters. The number of ketones is 1. The summed E-state index contributed by atoms with van der Waals surface area (Å²) in [6.45, 7) is 3.92. The Morgan fingerprint density at radius 2 is 1.12 bits per heavy atom. The first kappa shape index (κ1) is 24.8. The number of nitrogens with two attached hydrogens (primary N) is 2. The number of benzene rings is 2. The van der Waals surface area contributed by atoms with Crippen LogP contribution in [0.4, 0.5) is 11.4 Å². The summed E-state index contributed by atoms with van der Waals surface area (Å²) < 4.78 is 3.86. The highest BCUT2D eigenvalue weighted by atomic mass is 35.5. The predicted molar refractivity (Wildman–Crippen MR) is 141 cm³/mol. The van der Waals surface area contributed by atoms with Crippen molar-refractivity contribution in [3.8, 4) is 22.3 Å². The van der Waals surface area contributed by atoms with Crippen molar-refractivity contribution in [1.82, 2.24) is 9.13 Å². The smallest absolute Gasteiger partial charge is 0.194 e. The van der Waals surface area contributed by atoms with Crippen molar-refractivity contribution >= 4 is 52.8 Å². The molecule has 0 unspecified atom stereocenters. The summed E-state index contributed by atoms with van der Waals surface area (Å²) in [6.07, 6.45) is 3.67. The predicted octanol–water partition coefficient (Wildman–Crippen LogP) is 6.44. The normalized spacial score (nSPS) is 10.8. The summed E-state index contributed by atoms with van der Waals surface area (Å²) in [6, 6.07) is 10.5. The van der Waals surface area contributed by atoms with Gasteiger partial charge in [-0.1, -0.05) is 23.2 Å². The van der Waals surface area contributed by atoms with Gasteiger partial charge in [-0.2, -0.15) is 0 Å². The van der Waals surface area contributed by atoms with Gasteiger partial charge in [-0.15, -0.1) is 12.4 Å². The van der Waals surface area contributed by atoms with Gasteiger partial charge in [0.1, 0.15) is 0 Å². The van der Waals surface area contributed by atoms with Gasteiger partial charge in [-0.3, -0.25) is 4.79 Å². The van der Waals surface area contributed by atoms with Crippen molar-refractivity contribution in [3.63, 3.8) is 0 Å². The Balaban J connectivity index is 0.00000306. The molecule has 0 aliphatic carbocycles. The highest BCUT2D eigenvalue weighted by Crippen LogP contribution is 2.39. The summed E-state index contributed by atoms with van der Waals surface area (Å²) in [5.74, 6) is -0.159. The average molecular weight is 504 g/mol. The quantitative estimate of drug-likeness (QED) is 0.315. The molecule has 0 aliphatic rings. The lowest BCUT2D eigenvalue weighted by molar-refractivity contribution is 0.104. The molecule has 5 nitrogen and oxygen atoms in total. The van der Waals surface area contributed by atoms with E-state index >= 15 is 0 Å². The summed E-state index contributed by atoms with van der Waals surface area (Å²) >= 11 is 12.7. The molecule has 2 aromatic carbocycles. The Labute approximate surface area is 209 Å². The van der Waals surface area contributed by atoms with Crippen molar-refractivity contribution in [2.24, 2.45) is 14.1 Å². The second-order valence-electron chi connectivity index (χ2n) is 8.02. The van der Waals surface area contributed by atoms with Crippen molar-refractivity contribution in [1.29, 1.82) is 0 Å². The minimum atomic E-state index is -0.159. The van der Waals surface area contributed by atoms with Crippen LogP contribution in [0.25, 0.3) is 22.3 Å². The Morgan fingerprint density at radius 3 is 1.42 bits per heavy atom. The molecule has 172 valence electrons. The molecule has 0 saturated carbocycles. The van der Waals surface area contributed by atoms with Crippen LogP contribution in [0.2, 0.25) is 10.0 Å². The second kappa shape index (κ2) is 9.18. The van der Waals surface area contributed by atoms with Crippen LogP contribution in [-0.4, -0.2) is 14.9 Å². The van der Waals surface area contributed by atoms with Crippen molar-refractivity contribution < 1.29 is 4.79 Å². The third-order valence-corrected chi connectivity index (χ3v) is 6.49. The molecule has 0 spiro atoms. The third-order valence-electron chi connectivity index (χ3n) is 6.02. The van der Waals surface area contributed by atoms with Crippen molar-refractivity contribution in [2.45, 2.75) is 13.8 Å². The zero-order valence-electron chi connectivity index (χ0n) is 18.7. The summed E-state index contributed by atoms with van der Waals surface area (Å²) in [4.78, 5) is 13.9. The first-order valence-electron chi connectivity index (χ1n) is 10.1. The zero-order valence-corrected chi connectivity index (χ0v) is 21.1. The number of carbonyl (C=O) groups excluding carboxylic acids is 1.